The summed E-state index contributed by atoms with van der Waals surface area (Å²) in [5.41, 5.74) is 7.71. The van der Waals surface area contributed by atoms with E-state index in [-0.39, 0.29) is 4.90 Å². The molecule has 0 spiro atoms. The molecular formula is C14H25N3O2S. The van der Waals surface area contributed by atoms with E-state index in [9.17, 15) is 8.42 Å². The van der Waals surface area contributed by atoms with Crippen LogP contribution in [0.2, 0.25) is 0 Å². The molecule has 0 amide bonds. The third kappa shape index (κ3) is 4.47. The highest BCUT2D eigenvalue weighted by molar-refractivity contribution is 7.89. The zero-order valence-electron chi connectivity index (χ0n) is 12.7. The predicted octanol–water partition coefficient (Wildman–Crippen LogP) is 1.51. The number of aryl methyl sites for hydroxylation is 2. The summed E-state index contributed by atoms with van der Waals surface area (Å²) in [4.78, 5) is 2.29. The maximum atomic E-state index is 12.3. The Hall–Kier alpha value is -1.11. The van der Waals surface area contributed by atoms with E-state index >= 15 is 0 Å². The zero-order chi connectivity index (χ0) is 15.3. The molecule has 1 aromatic rings. The molecule has 0 aromatic heterocycles. The Kier molecular flexibility index (Phi) is 5.98. The van der Waals surface area contributed by atoms with E-state index in [2.05, 4.69) is 9.62 Å². The molecule has 0 aliphatic rings. The fourth-order valence-electron chi connectivity index (χ4n) is 2.00. The molecule has 0 saturated heterocycles. The van der Waals surface area contributed by atoms with Gasteiger partial charge in [-0.15, -0.1) is 0 Å². The maximum Gasteiger partial charge on any atom is 0.242 e. The van der Waals surface area contributed by atoms with Crippen molar-refractivity contribution in [3.63, 3.8) is 0 Å². The lowest BCUT2D eigenvalue weighted by Gasteiger charge is -2.14. The Bertz CT molecular complexity index is 554. The van der Waals surface area contributed by atoms with Gasteiger partial charge in [-0.1, -0.05) is 12.1 Å². The lowest BCUT2D eigenvalue weighted by Crippen LogP contribution is -2.27. The zero-order valence-corrected chi connectivity index (χ0v) is 13.5. The molecule has 0 radical (unpaired) electrons. The second-order valence-electron chi connectivity index (χ2n) is 5.35. The summed E-state index contributed by atoms with van der Waals surface area (Å²) >= 11 is 0. The van der Waals surface area contributed by atoms with Crippen LogP contribution in [0.25, 0.3) is 0 Å². The average molecular weight is 299 g/mol. The number of nitrogens with one attached hydrogen (secondary N) is 1. The van der Waals surface area contributed by atoms with Gasteiger partial charge in [0.25, 0.3) is 0 Å². The minimum absolute atomic E-state index is 0.213. The van der Waals surface area contributed by atoms with Crippen LogP contribution in [0.3, 0.4) is 0 Å². The van der Waals surface area contributed by atoms with Crippen LogP contribution < -0.4 is 10.5 Å². The average Bonchev–Trinajstić information content (AvgIpc) is 2.33. The van der Waals surface area contributed by atoms with Gasteiger partial charge in [-0.05, 0) is 58.5 Å². The van der Waals surface area contributed by atoms with Crippen molar-refractivity contribution in [2.75, 3.05) is 32.9 Å². The highest BCUT2D eigenvalue weighted by atomic mass is 32.2. The number of hydrogen-bond acceptors (Lipinski definition) is 4. The molecule has 20 heavy (non-hydrogen) atoms. The predicted molar refractivity (Wildman–Crippen MR) is 83.3 cm³/mol. The van der Waals surface area contributed by atoms with Crippen LogP contribution in [-0.2, 0) is 10.0 Å². The third-order valence-electron chi connectivity index (χ3n) is 3.20. The molecule has 5 nitrogen and oxygen atoms in total. The number of rotatable bonds is 7. The largest absolute Gasteiger partial charge is 0.397 e. The van der Waals surface area contributed by atoms with Crippen molar-refractivity contribution in [2.24, 2.45) is 0 Å². The Balaban J connectivity index is 2.73. The van der Waals surface area contributed by atoms with Gasteiger partial charge in [0.1, 0.15) is 4.90 Å². The number of unbranched alkanes of at least 4 members (excludes halogenated alkanes) is 1. The van der Waals surface area contributed by atoms with E-state index in [0.717, 1.165) is 24.9 Å². The number of benzene rings is 1. The van der Waals surface area contributed by atoms with Crippen molar-refractivity contribution in [3.05, 3.63) is 23.3 Å². The van der Waals surface area contributed by atoms with Gasteiger partial charge in [0.15, 0.2) is 0 Å². The standard InChI is InChI=1S/C14H25N3O2S/c1-11-7-8-12(2)14(13(11)15)20(18,19)16-9-5-6-10-17(3)4/h7-8,16H,5-6,9-10,15H2,1-4H3. The molecule has 0 aliphatic carbocycles. The van der Waals surface area contributed by atoms with Crippen molar-refractivity contribution < 1.29 is 8.42 Å². The highest BCUT2D eigenvalue weighted by Crippen LogP contribution is 2.25. The van der Waals surface area contributed by atoms with Crippen LogP contribution in [0, 0.1) is 13.8 Å². The summed E-state index contributed by atoms with van der Waals surface area (Å²) in [7, 11) is 0.468. The minimum atomic E-state index is -3.53. The van der Waals surface area contributed by atoms with E-state index in [1.165, 1.54) is 0 Å². The maximum absolute atomic E-state index is 12.3. The number of nitrogens with two attached hydrogens (primary N) is 1. The van der Waals surface area contributed by atoms with Crippen LogP contribution in [-0.4, -0.2) is 40.5 Å². The van der Waals surface area contributed by atoms with E-state index in [1.807, 2.05) is 27.1 Å². The van der Waals surface area contributed by atoms with Crippen LogP contribution in [0.15, 0.2) is 17.0 Å². The van der Waals surface area contributed by atoms with Crippen molar-refractivity contribution in [1.29, 1.82) is 0 Å². The van der Waals surface area contributed by atoms with Gasteiger partial charge in [-0.3, -0.25) is 0 Å². The number of nitrogens with zero attached hydrogens (tertiary/aromatic N) is 1. The fraction of sp³-hybridized carbons (Fsp3) is 0.571. The van der Waals surface area contributed by atoms with Crippen LogP contribution in [0.4, 0.5) is 5.69 Å². The van der Waals surface area contributed by atoms with Crippen molar-refractivity contribution in [1.82, 2.24) is 9.62 Å². The summed E-state index contributed by atoms with van der Waals surface area (Å²) in [6.07, 6.45) is 1.76. The van der Waals surface area contributed by atoms with Gasteiger partial charge in [-0.25, -0.2) is 13.1 Å². The first-order chi connectivity index (χ1) is 9.25. The summed E-state index contributed by atoms with van der Waals surface area (Å²) in [6.45, 7) is 4.96. The molecule has 0 bridgehead atoms. The molecule has 0 heterocycles. The second kappa shape index (κ2) is 7.06. The summed E-state index contributed by atoms with van der Waals surface area (Å²) in [5.74, 6) is 0. The SMILES string of the molecule is Cc1ccc(C)c(S(=O)(=O)NCCCCN(C)C)c1N. The topological polar surface area (TPSA) is 75.4 Å². The first-order valence-electron chi connectivity index (χ1n) is 6.76. The first-order valence-corrected chi connectivity index (χ1v) is 8.24. The van der Waals surface area contributed by atoms with E-state index in [4.69, 9.17) is 5.73 Å². The van der Waals surface area contributed by atoms with Crippen LogP contribution in [0.1, 0.15) is 24.0 Å². The number of sulfonamides is 1. The number of anilines is 1. The second-order valence-corrected chi connectivity index (χ2v) is 7.05. The minimum Gasteiger partial charge on any atom is -0.397 e. The van der Waals surface area contributed by atoms with Crippen LogP contribution in [0.5, 0.6) is 0 Å². The molecule has 1 rings (SSSR count). The quantitative estimate of drug-likeness (QED) is 0.591. The Morgan fingerprint density at radius 3 is 2.35 bits per heavy atom. The highest BCUT2D eigenvalue weighted by Gasteiger charge is 2.20. The molecule has 0 atom stereocenters. The Labute approximate surface area is 122 Å². The molecule has 0 fully saturated rings. The molecule has 0 aliphatic heterocycles. The van der Waals surface area contributed by atoms with Crippen LogP contribution >= 0.6 is 0 Å². The number of nitrogen functional groups attached to an aromatic ring is 1. The van der Waals surface area contributed by atoms with Gasteiger partial charge < -0.3 is 10.6 Å². The van der Waals surface area contributed by atoms with Gasteiger partial charge in [0.05, 0.1) is 5.69 Å². The lowest BCUT2D eigenvalue weighted by atomic mass is 10.1. The van der Waals surface area contributed by atoms with Crippen molar-refractivity contribution in [3.8, 4) is 0 Å². The van der Waals surface area contributed by atoms with Crippen molar-refractivity contribution >= 4 is 15.7 Å². The first kappa shape index (κ1) is 16.9. The molecule has 1 aromatic carbocycles. The Morgan fingerprint density at radius 2 is 1.75 bits per heavy atom. The van der Waals surface area contributed by atoms with Gasteiger partial charge in [0, 0.05) is 6.54 Å². The third-order valence-corrected chi connectivity index (χ3v) is 4.87. The van der Waals surface area contributed by atoms with E-state index in [1.54, 1.807) is 13.0 Å². The molecule has 114 valence electrons. The molecule has 0 unspecified atom stereocenters. The van der Waals surface area contributed by atoms with Gasteiger partial charge in [0.2, 0.25) is 10.0 Å². The summed E-state index contributed by atoms with van der Waals surface area (Å²) in [5, 5.41) is 0. The summed E-state index contributed by atoms with van der Waals surface area (Å²) < 4.78 is 27.3. The summed E-state index contributed by atoms with van der Waals surface area (Å²) in [6, 6.07) is 3.62. The fourth-order valence-corrected chi connectivity index (χ4v) is 3.50. The lowest BCUT2D eigenvalue weighted by molar-refractivity contribution is 0.394. The van der Waals surface area contributed by atoms with Crippen molar-refractivity contribution in [2.45, 2.75) is 31.6 Å². The molecular weight excluding hydrogens is 274 g/mol. The molecule has 3 N–H and O–H groups in total. The van der Waals surface area contributed by atoms with E-state index < -0.39 is 10.0 Å². The van der Waals surface area contributed by atoms with E-state index in [0.29, 0.717) is 17.8 Å². The smallest absolute Gasteiger partial charge is 0.242 e. The molecule has 0 saturated carbocycles. The Morgan fingerprint density at radius 1 is 1.15 bits per heavy atom. The molecule has 6 heteroatoms. The van der Waals surface area contributed by atoms with Gasteiger partial charge in [-0.2, -0.15) is 0 Å². The van der Waals surface area contributed by atoms with Gasteiger partial charge >= 0.3 is 0 Å². The number of hydrogen-bond donors (Lipinski definition) is 2. The normalized spacial score (nSPS) is 12.1. The monoisotopic (exact) mass is 299 g/mol.